The molecule has 0 spiro atoms. The molecule has 1 aromatic carbocycles. The molecule has 1 fully saturated rings. The molecule has 0 aliphatic carbocycles. The highest BCUT2D eigenvalue weighted by Gasteiger charge is 2.25. The molecule has 0 unspecified atom stereocenters. The number of piperazine rings is 1. The van der Waals surface area contributed by atoms with E-state index in [4.69, 9.17) is 11.6 Å². The molecule has 1 aliphatic heterocycles. The first-order valence-electron chi connectivity index (χ1n) is 7.01. The molecule has 0 N–H and O–H groups in total. The monoisotopic (exact) mass is 334 g/mol. The zero-order valence-corrected chi connectivity index (χ0v) is 13.4. The Labute approximate surface area is 137 Å². The molecular formula is C16H15ClN2O2S. The van der Waals surface area contributed by atoms with E-state index in [1.807, 2.05) is 16.8 Å². The van der Waals surface area contributed by atoms with E-state index in [1.165, 1.54) is 11.3 Å². The normalized spacial score (nSPS) is 15.0. The number of benzene rings is 1. The summed E-state index contributed by atoms with van der Waals surface area (Å²) < 4.78 is 0. The number of amides is 2. The number of thiophene rings is 1. The zero-order valence-electron chi connectivity index (χ0n) is 11.9. The van der Waals surface area contributed by atoms with Crippen molar-refractivity contribution in [2.75, 3.05) is 26.2 Å². The van der Waals surface area contributed by atoms with Gasteiger partial charge in [0, 0.05) is 42.1 Å². The summed E-state index contributed by atoms with van der Waals surface area (Å²) >= 11 is 7.35. The fraction of sp³-hybridized carbons (Fsp3) is 0.250. The van der Waals surface area contributed by atoms with Crippen LogP contribution in [0.2, 0.25) is 5.02 Å². The summed E-state index contributed by atoms with van der Waals surface area (Å²) in [5.41, 5.74) is 1.35. The number of nitrogens with zero attached hydrogens (tertiary/aromatic N) is 2. The molecule has 0 bridgehead atoms. The van der Waals surface area contributed by atoms with Gasteiger partial charge in [-0.05, 0) is 35.7 Å². The minimum atomic E-state index is -0.0145. The van der Waals surface area contributed by atoms with E-state index in [9.17, 15) is 9.59 Å². The van der Waals surface area contributed by atoms with E-state index < -0.39 is 0 Å². The number of carbonyl (C=O) groups is 2. The van der Waals surface area contributed by atoms with Crippen molar-refractivity contribution in [3.63, 3.8) is 0 Å². The van der Waals surface area contributed by atoms with Gasteiger partial charge in [0.2, 0.25) is 0 Å². The Balaban J connectivity index is 1.60. The van der Waals surface area contributed by atoms with Gasteiger partial charge in [0.1, 0.15) is 0 Å². The van der Waals surface area contributed by atoms with E-state index in [1.54, 1.807) is 34.1 Å². The second-order valence-electron chi connectivity index (χ2n) is 5.10. The summed E-state index contributed by atoms with van der Waals surface area (Å²) in [5.74, 6) is 0.0270. The molecule has 2 amide bonds. The Morgan fingerprint density at radius 3 is 1.91 bits per heavy atom. The van der Waals surface area contributed by atoms with Crippen molar-refractivity contribution >= 4 is 34.8 Å². The van der Waals surface area contributed by atoms with Gasteiger partial charge in [0.05, 0.1) is 5.56 Å². The highest BCUT2D eigenvalue weighted by Crippen LogP contribution is 2.15. The first-order valence-corrected chi connectivity index (χ1v) is 8.33. The number of halogens is 1. The molecule has 0 atom stereocenters. The molecule has 0 saturated carbocycles. The third-order valence-corrected chi connectivity index (χ3v) is 4.65. The fourth-order valence-corrected chi connectivity index (χ4v) is 3.21. The number of rotatable bonds is 2. The predicted octanol–water partition coefficient (Wildman–Crippen LogP) is 3.00. The lowest BCUT2D eigenvalue weighted by molar-refractivity contribution is 0.0536. The Morgan fingerprint density at radius 2 is 1.41 bits per heavy atom. The zero-order chi connectivity index (χ0) is 15.5. The van der Waals surface area contributed by atoms with Gasteiger partial charge in [-0.3, -0.25) is 9.59 Å². The van der Waals surface area contributed by atoms with Crippen LogP contribution in [0.1, 0.15) is 20.7 Å². The SMILES string of the molecule is O=C(c1ccc(Cl)cc1)N1CCN(C(=O)c2ccsc2)CC1. The Bertz CT molecular complexity index is 662. The van der Waals surface area contributed by atoms with E-state index in [2.05, 4.69) is 0 Å². The van der Waals surface area contributed by atoms with Gasteiger partial charge in [-0.2, -0.15) is 11.3 Å². The summed E-state index contributed by atoms with van der Waals surface area (Å²) in [7, 11) is 0. The summed E-state index contributed by atoms with van der Waals surface area (Å²) in [6.07, 6.45) is 0. The van der Waals surface area contributed by atoms with Crippen molar-refractivity contribution in [1.82, 2.24) is 9.80 Å². The number of carbonyl (C=O) groups excluding carboxylic acids is 2. The van der Waals surface area contributed by atoms with Crippen LogP contribution >= 0.6 is 22.9 Å². The summed E-state index contributed by atoms with van der Waals surface area (Å²) in [6, 6.07) is 8.72. The largest absolute Gasteiger partial charge is 0.335 e. The first-order chi connectivity index (χ1) is 10.6. The smallest absolute Gasteiger partial charge is 0.254 e. The lowest BCUT2D eigenvalue weighted by Gasteiger charge is -2.34. The van der Waals surface area contributed by atoms with Crippen LogP contribution < -0.4 is 0 Å². The number of hydrogen-bond donors (Lipinski definition) is 0. The van der Waals surface area contributed by atoms with Crippen LogP contribution in [-0.2, 0) is 0 Å². The van der Waals surface area contributed by atoms with Gasteiger partial charge < -0.3 is 9.80 Å². The molecule has 2 heterocycles. The molecule has 1 aromatic heterocycles. The van der Waals surface area contributed by atoms with Crippen molar-refractivity contribution in [1.29, 1.82) is 0 Å². The third kappa shape index (κ3) is 3.15. The summed E-state index contributed by atoms with van der Waals surface area (Å²) in [5, 5.41) is 4.36. The van der Waals surface area contributed by atoms with E-state index in [-0.39, 0.29) is 11.8 Å². The minimum absolute atomic E-state index is 0.0145. The lowest BCUT2D eigenvalue weighted by Crippen LogP contribution is -2.50. The van der Waals surface area contributed by atoms with Crippen LogP contribution in [-0.4, -0.2) is 47.8 Å². The Kier molecular flexibility index (Phi) is 4.45. The Morgan fingerprint density at radius 1 is 0.864 bits per heavy atom. The maximum absolute atomic E-state index is 12.4. The van der Waals surface area contributed by atoms with Crippen LogP contribution in [0.15, 0.2) is 41.1 Å². The van der Waals surface area contributed by atoms with Crippen molar-refractivity contribution in [3.8, 4) is 0 Å². The Hall–Kier alpha value is -1.85. The fourth-order valence-electron chi connectivity index (χ4n) is 2.46. The van der Waals surface area contributed by atoms with Gasteiger partial charge >= 0.3 is 0 Å². The van der Waals surface area contributed by atoms with Crippen molar-refractivity contribution < 1.29 is 9.59 Å². The van der Waals surface area contributed by atoms with Crippen LogP contribution in [0.25, 0.3) is 0 Å². The van der Waals surface area contributed by atoms with Crippen LogP contribution in [0.5, 0.6) is 0 Å². The van der Waals surface area contributed by atoms with Gasteiger partial charge in [-0.1, -0.05) is 11.6 Å². The van der Waals surface area contributed by atoms with Gasteiger partial charge in [0.15, 0.2) is 0 Å². The minimum Gasteiger partial charge on any atom is -0.335 e. The van der Waals surface area contributed by atoms with Crippen LogP contribution in [0, 0.1) is 0 Å². The van der Waals surface area contributed by atoms with E-state index in [0.29, 0.717) is 36.8 Å². The highest BCUT2D eigenvalue weighted by atomic mass is 35.5. The second-order valence-corrected chi connectivity index (χ2v) is 6.32. The standard InChI is InChI=1S/C16H15ClN2O2S/c17-14-3-1-12(2-4-14)15(20)18-6-8-19(9-7-18)16(21)13-5-10-22-11-13/h1-5,10-11H,6-9H2. The van der Waals surface area contributed by atoms with Crippen molar-refractivity contribution in [2.24, 2.45) is 0 Å². The topological polar surface area (TPSA) is 40.6 Å². The maximum Gasteiger partial charge on any atom is 0.254 e. The molecule has 6 heteroatoms. The molecule has 22 heavy (non-hydrogen) atoms. The van der Waals surface area contributed by atoms with E-state index in [0.717, 1.165) is 5.56 Å². The average molecular weight is 335 g/mol. The second kappa shape index (κ2) is 6.50. The summed E-state index contributed by atoms with van der Waals surface area (Å²) in [6.45, 7) is 2.23. The van der Waals surface area contributed by atoms with Gasteiger partial charge in [0.25, 0.3) is 11.8 Å². The molecule has 1 aliphatic rings. The highest BCUT2D eigenvalue weighted by molar-refractivity contribution is 7.08. The maximum atomic E-state index is 12.4. The molecular weight excluding hydrogens is 320 g/mol. The number of hydrogen-bond acceptors (Lipinski definition) is 3. The average Bonchev–Trinajstić information content (AvgIpc) is 3.09. The molecule has 114 valence electrons. The van der Waals surface area contributed by atoms with Crippen molar-refractivity contribution in [3.05, 3.63) is 57.2 Å². The van der Waals surface area contributed by atoms with Gasteiger partial charge in [-0.15, -0.1) is 0 Å². The van der Waals surface area contributed by atoms with Crippen LogP contribution in [0.3, 0.4) is 0 Å². The molecule has 0 radical (unpaired) electrons. The quantitative estimate of drug-likeness (QED) is 0.847. The van der Waals surface area contributed by atoms with Gasteiger partial charge in [-0.25, -0.2) is 0 Å². The molecule has 4 nitrogen and oxygen atoms in total. The third-order valence-electron chi connectivity index (χ3n) is 3.71. The predicted molar refractivity (Wildman–Crippen MR) is 87.6 cm³/mol. The molecule has 2 aromatic rings. The first kappa shape index (κ1) is 15.1. The summed E-state index contributed by atoms with van der Waals surface area (Å²) in [4.78, 5) is 28.2. The molecule has 1 saturated heterocycles. The van der Waals surface area contributed by atoms with E-state index >= 15 is 0 Å². The lowest BCUT2D eigenvalue weighted by atomic mass is 10.1. The molecule has 3 rings (SSSR count). The van der Waals surface area contributed by atoms with Crippen molar-refractivity contribution in [2.45, 2.75) is 0 Å². The van der Waals surface area contributed by atoms with Crippen LogP contribution in [0.4, 0.5) is 0 Å².